The van der Waals surface area contributed by atoms with Gasteiger partial charge in [0.05, 0.1) is 25.5 Å². The fourth-order valence-electron chi connectivity index (χ4n) is 1.50. The molecular weight excluding hydrogens is 266 g/mol. The van der Waals surface area contributed by atoms with Gasteiger partial charge in [-0.2, -0.15) is 0 Å². The molecule has 0 spiro atoms. The maximum Gasteiger partial charge on any atom is 0.337 e. The number of anilines is 1. The molecule has 1 aromatic carbocycles. The molecule has 0 saturated heterocycles. The van der Waals surface area contributed by atoms with Crippen LogP contribution in [0.4, 0.5) is 5.69 Å². The van der Waals surface area contributed by atoms with Gasteiger partial charge < -0.3 is 24.6 Å². The van der Waals surface area contributed by atoms with E-state index in [1.54, 1.807) is 6.92 Å². The SMILES string of the molecule is COc1cc(NC(=O)C(C)OC)c(C(=O)O)cc1OC. The number of carbonyl (C=O) groups is 2. The summed E-state index contributed by atoms with van der Waals surface area (Å²) in [6, 6.07) is 2.68. The Morgan fingerprint density at radius 3 is 2.15 bits per heavy atom. The van der Waals surface area contributed by atoms with E-state index in [9.17, 15) is 14.7 Å². The number of aromatic carboxylic acids is 1. The summed E-state index contributed by atoms with van der Waals surface area (Å²) in [5.74, 6) is -1.06. The second-order valence-corrected chi connectivity index (χ2v) is 3.93. The summed E-state index contributed by atoms with van der Waals surface area (Å²) in [4.78, 5) is 23.0. The van der Waals surface area contributed by atoms with Gasteiger partial charge >= 0.3 is 5.97 Å². The van der Waals surface area contributed by atoms with Crippen molar-refractivity contribution >= 4 is 17.6 Å². The Balaban J connectivity index is 3.22. The van der Waals surface area contributed by atoms with E-state index in [-0.39, 0.29) is 17.0 Å². The largest absolute Gasteiger partial charge is 0.493 e. The highest BCUT2D eigenvalue weighted by molar-refractivity contribution is 6.02. The Morgan fingerprint density at radius 2 is 1.70 bits per heavy atom. The summed E-state index contributed by atoms with van der Waals surface area (Å²) in [5.41, 5.74) is 0.0170. The van der Waals surface area contributed by atoms with Crippen LogP contribution in [-0.4, -0.2) is 44.4 Å². The van der Waals surface area contributed by atoms with Crippen molar-refractivity contribution in [3.63, 3.8) is 0 Å². The first kappa shape index (κ1) is 15.8. The molecule has 1 aromatic rings. The van der Waals surface area contributed by atoms with Crippen molar-refractivity contribution in [2.45, 2.75) is 13.0 Å². The van der Waals surface area contributed by atoms with Crippen molar-refractivity contribution in [3.05, 3.63) is 17.7 Å². The summed E-state index contributed by atoms with van der Waals surface area (Å²) >= 11 is 0. The highest BCUT2D eigenvalue weighted by atomic mass is 16.5. The van der Waals surface area contributed by atoms with Crippen LogP contribution < -0.4 is 14.8 Å². The maximum absolute atomic E-state index is 11.8. The molecule has 0 radical (unpaired) electrons. The molecule has 0 aliphatic rings. The number of rotatable bonds is 6. The molecule has 0 fully saturated rings. The smallest absolute Gasteiger partial charge is 0.337 e. The molecule has 1 atom stereocenters. The van der Waals surface area contributed by atoms with Crippen molar-refractivity contribution in [2.75, 3.05) is 26.6 Å². The van der Waals surface area contributed by atoms with Crippen molar-refractivity contribution in [2.24, 2.45) is 0 Å². The van der Waals surface area contributed by atoms with Crippen LogP contribution in [0.25, 0.3) is 0 Å². The molecular formula is C13H17NO6. The minimum atomic E-state index is -1.19. The number of carbonyl (C=O) groups excluding carboxylic acids is 1. The van der Waals surface area contributed by atoms with Gasteiger partial charge in [-0.3, -0.25) is 4.79 Å². The lowest BCUT2D eigenvalue weighted by molar-refractivity contribution is -0.124. The Bertz CT molecular complexity index is 514. The summed E-state index contributed by atoms with van der Waals surface area (Å²) in [6.07, 6.45) is -0.704. The van der Waals surface area contributed by atoms with Crippen LogP contribution in [0, 0.1) is 0 Å². The number of carboxylic acid groups (broad SMARTS) is 1. The lowest BCUT2D eigenvalue weighted by Gasteiger charge is -2.15. The number of benzene rings is 1. The lowest BCUT2D eigenvalue weighted by Crippen LogP contribution is -2.27. The summed E-state index contributed by atoms with van der Waals surface area (Å²) in [7, 11) is 4.20. The molecule has 0 saturated carbocycles. The van der Waals surface area contributed by atoms with Crippen LogP contribution in [0.1, 0.15) is 17.3 Å². The normalized spacial score (nSPS) is 11.6. The van der Waals surface area contributed by atoms with E-state index in [0.717, 1.165) is 0 Å². The highest BCUT2D eigenvalue weighted by Crippen LogP contribution is 2.33. The highest BCUT2D eigenvalue weighted by Gasteiger charge is 2.20. The second kappa shape index (κ2) is 6.76. The van der Waals surface area contributed by atoms with Gasteiger partial charge in [0.1, 0.15) is 6.10 Å². The minimum Gasteiger partial charge on any atom is -0.493 e. The van der Waals surface area contributed by atoms with Crippen molar-refractivity contribution < 1.29 is 28.9 Å². The van der Waals surface area contributed by atoms with E-state index in [2.05, 4.69) is 5.32 Å². The maximum atomic E-state index is 11.8. The third kappa shape index (κ3) is 3.39. The molecule has 2 N–H and O–H groups in total. The number of nitrogens with one attached hydrogen (secondary N) is 1. The first-order chi connectivity index (χ1) is 9.44. The molecule has 20 heavy (non-hydrogen) atoms. The van der Waals surface area contributed by atoms with Crippen LogP contribution in [-0.2, 0) is 9.53 Å². The van der Waals surface area contributed by atoms with E-state index < -0.39 is 18.0 Å². The molecule has 0 aliphatic carbocycles. The average Bonchev–Trinajstić information content (AvgIpc) is 2.45. The van der Waals surface area contributed by atoms with E-state index in [1.807, 2.05) is 0 Å². The van der Waals surface area contributed by atoms with Gasteiger partial charge in [-0.05, 0) is 6.92 Å². The molecule has 7 nitrogen and oxygen atoms in total. The third-order valence-corrected chi connectivity index (χ3v) is 2.73. The Labute approximate surface area is 116 Å². The second-order valence-electron chi connectivity index (χ2n) is 3.93. The van der Waals surface area contributed by atoms with E-state index in [1.165, 1.54) is 33.5 Å². The Kier molecular flexibility index (Phi) is 5.33. The van der Waals surface area contributed by atoms with Crippen molar-refractivity contribution in [3.8, 4) is 11.5 Å². The molecule has 1 amide bonds. The fraction of sp³-hybridized carbons (Fsp3) is 0.385. The van der Waals surface area contributed by atoms with Gasteiger partial charge in [0.2, 0.25) is 0 Å². The van der Waals surface area contributed by atoms with Gasteiger partial charge in [-0.25, -0.2) is 4.79 Å². The standard InChI is InChI=1S/C13H17NO6/c1-7(18-2)12(15)14-9-6-11(20-4)10(19-3)5-8(9)13(16)17/h5-7H,1-4H3,(H,14,15)(H,16,17). The molecule has 0 aromatic heterocycles. The molecule has 0 bridgehead atoms. The monoisotopic (exact) mass is 283 g/mol. The minimum absolute atomic E-state index is 0.0979. The Hall–Kier alpha value is -2.28. The third-order valence-electron chi connectivity index (χ3n) is 2.73. The van der Waals surface area contributed by atoms with Crippen LogP contribution in [0.3, 0.4) is 0 Å². The first-order valence-corrected chi connectivity index (χ1v) is 5.77. The summed E-state index contributed by atoms with van der Waals surface area (Å²) in [5, 5.41) is 11.7. The van der Waals surface area contributed by atoms with Gasteiger partial charge in [0.25, 0.3) is 5.91 Å². The van der Waals surface area contributed by atoms with Crippen LogP contribution in [0.5, 0.6) is 11.5 Å². The van der Waals surface area contributed by atoms with Crippen molar-refractivity contribution in [1.82, 2.24) is 0 Å². The van der Waals surface area contributed by atoms with E-state index >= 15 is 0 Å². The number of hydrogen-bond donors (Lipinski definition) is 2. The predicted octanol–water partition coefficient (Wildman–Crippen LogP) is 1.38. The molecule has 0 heterocycles. The molecule has 7 heteroatoms. The molecule has 1 rings (SSSR count). The van der Waals surface area contributed by atoms with Crippen molar-refractivity contribution in [1.29, 1.82) is 0 Å². The quantitative estimate of drug-likeness (QED) is 0.819. The number of amides is 1. The Morgan fingerprint density at radius 1 is 1.15 bits per heavy atom. The zero-order chi connectivity index (χ0) is 15.3. The van der Waals surface area contributed by atoms with E-state index in [4.69, 9.17) is 14.2 Å². The number of hydrogen-bond acceptors (Lipinski definition) is 5. The molecule has 0 aliphatic heterocycles. The van der Waals surface area contributed by atoms with E-state index in [0.29, 0.717) is 5.75 Å². The number of carboxylic acids is 1. The predicted molar refractivity (Wildman–Crippen MR) is 71.6 cm³/mol. The van der Waals surface area contributed by atoms with Crippen LogP contribution in [0.2, 0.25) is 0 Å². The average molecular weight is 283 g/mol. The number of ether oxygens (including phenoxy) is 3. The zero-order valence-electron chi connectivity index (χ0n) is 11.7. The first-order valence-electron chi connectivity index (χ1n) is 5.77. The number of methoxy groups -OCH3 is 3. The molecule has 1 unspecified atom stereocenters. The van der Waals surface area contributed by atoms with Gasteiger partial charge in [-0.15, -0.1) is 0 Å². The van der Waals surface area contributed by atoms with Gasteiger partial charge in [0.15, 0.2) is 11.5 Å². The van der Waals surface area contributed by atoms with Crippen LogP contribution >= 0.6 is 0 Å². The molecule has 110 valence electrons. The summed E-state index contributed by atoms with van der Waals surface area (Å²) < 4.78 is 15.0. The van der Waals surface area contributed by atoms with Crippen LogP contribution in [0.15, 0.2) is 12.1 Å². The lowest BCUT2D eigenvalue weighted by atomic mass is 10.1. The van der Waals surface area contributed by atoms with Gasteiger partial charge in [0, 0.05) is 19.2 Å². The van der Waals surface area contributed by atoms with Gasteiger partial charge in [-0.1, -0.05) is 0 Å². The topological polar surface area (TPSA) is 94.1 Å². The zero-order valence-corrected chi connectivity index (χ0v) is 11.7. The fourth-order valence-corrected chi connectivity index (χ4v) is 1.50. The summed E-state index contributed by atoms with van der Waals surface area (Å²) in [6.45, 7) is 1.55.